The highest BCUT2D eigenvalue weighted by atomic mass is 32.1. The van der Waals surface area contributed by atoms with Crippen LogP contribution in [0.2, 0.25) is 0 Å². The molecule has 8 N–H and O–H groups in total. The molecule has 0 bridgehead atoms. The fourth-order valence-corrected chi connectivity index (χ4v) is 1.13. The van der Waals surface area contributed by atoms with E-state index in [2.05, 4.69) is 17.9 Å². The van der Waals surface area contributed by atoms with Crippen LogP contribution in [0.25, 0.3) is 0 Å². The number of rotatable bonds is 4. The van der Waals surface area contributed by atoms with Gasteiger partial charge in [-0.3, -0.25) is 14.4 Å². The molecule has 0 aliphatic carbocycles. The van der Waals surface area contributed by atoms with Crippen LogP contribution in [-0.2, 0) is 14.4 Å². The zero-order valence-corrected chi connectivity index (χ0v) is 12.6. The molecule has 0 amide bonds. The minimum atomic E-state index is -1.00. The van der Waals surface area contributed by atoms with Crippen LogP contribution in [0.3, 0.4) is 0 Å². The normalized spacial score (nSPS) is 19.1. The van der Waals surface area contributed by atoms with E-state index in [1.165, 1.54) is 6.92 Å². The van der Waals surface area contributed by atoms with Gasteiger partial charge in [0.2, 0.25) is 0 Å². The Balaban J connectivity index is 0. The molecular formula is C11H23N3O6S. The smallest absolute Gasteiger partial charge is 0.321 e. The van der Waals surface area contributed by atoms with Gasteiger partial charge in [-0.25, -0.2) is 0 Å². The molecular weight excluding hydrogens is 302 g/mol. The Labute approximate surface area is 128 Å². The molecule has 0 spiro atoms. The number of thiol groups is 1. The van der Waals surface area contributed by atoms with Crippen LogP contribution in [0.4, 0.5) is 0 Å². The van der Waals surface area contributed by atoms with Crippen LogP contribution < -0.4 is 16.8 Å². The Morgan fingerprint density at radius 3 is 1.81 bits per heavy atom. The number of carboxylic acid groups (broad SMARTS) is 3. The molecule has 1 rings (SSSR count). The second kappa shape index (κ2) is 12.4. The first-order valence-corrected chi connectivity index (χ1v) is 6.80. The average molecular weight is 325 g/mol. The third-order valence-corrected chi connectivity index (χ3v) is 2.66. The van der Waals surface area contributed by atoms with E-state index in [0.29, 0.717) is 0 Å². The average Bonchev–Trinajstić information content (AvgIpc) is 2.93. The van der Waals surface area contributed by atoms with Gasteiger partial charge in [-0.05, 0) is 26.3 Å². The van der Waals surface area contributed by atoms with E-state index in [0.717, 1.165) is 19.4 Å². The summed E-state index contributed by atoms with van der Waals surface area (Å²) in [5, 5.41) is 27.1. The molecule has 21 heavy (non-hydrogen) atoms. The molecule has 0 aromatic heterocycles. The van der Waals surface area contributed by atoms with Gasteiger partial charge in [0.15, 0.2) is 0 Å². The molecule has 9 nitrogen and oxygen atoms in total. The molecule has 1 heterocycles. The van der Waals surface area contributed by atoms with Crippen molar-refractivity contribution in [3.05, 3.63) is 0 Å². The predicted molar refractivity (Wildman–Crippen MR) is 79.4 cm³/mol. The summed E-state index contributed by atoms with van der Waals surface area (Å²) >= 11 is 3.65. The third kappa shape index (κ3) is 13.4. The van der Waals surface area contributed by atoms with E-state index in [-0.39, 0.29) is 11.8 Å². The number of nitrogens with two attached hydrogens (primary N) is 2. The molecule has 0 aromatic rings. The molecule has 3 unspecified atom stereocenters. The van der Waals surface area contributed by atoms with Gasteiger partial charge in [0, 0.05) is 5.75 Å². The van der Waals surface area contributed by atoms with Crippen molar-refractivity contribution in [2.75, 3.05) is 12.3 Å². The summed E-state index contributed by atoms with van der Waals surface area (Å²) in [6.07, 6.45) is 1.78. The summed E-state index contributed by atoms with van der Waals surface area (Å²) in [7, 11) is 0. The van der Waals surface area contributed by atoms with Crippen LogP contribution in [-0.4, -0.2) is 63.7 Å². The van der Waals surface area contributed by atoms with Crippen molar-refractivity contribution in [1.29, 1.82) is 0 Å². The van der Waals surface area contributed by atoms with E-state index in [9.17, 15) is 14.4 Å². The van der Waals surface area contributed by atoms with Gasteiger partial charge in [-0.1, -0.05) is 0 Å². The Bertz CT molecular complexity index is 334. The van der Waals surface area contributed by atoms with Crippen LogP contribution in [0.5, 0.6) is 0 Å². The number of carbonyl (C=O) groups is 3. The van der Waals surface area contributed by atoms with Gasteiger partial charge >= 0.3 is 17.9 Å². The van der Waals surface area contributed by atoms with E-state index < -0.39 is 30.0 Å². The highest BCUT2D eigenvalue weighted by molar-refractivity contribution is 7.80. The lowest BCUT2D eigenvalue weighted by molar-refractivity contribution is -0.139. The van der Waals surface area contributed by atoms with E-state index in [1.807, 2.05) is 0 Å². The zero-order valence-electron chi connectivity index (χ0n) is 11.7. The standard InChI is InChI=1S/C5H9NO2.C3H7NO2S.C3H7NO2/c7-5(8)4-2-1-3-6-4;4-2(1-7)3(5)6;1-2(4)3(5)6/h4,6H,1-3H2,(H,7,8);2,7H,1,4H2,(H,5,6);2H,4H2,1H3,(H,5,6). The van der Waals surface area contributed by atoms with Gasteiger partial charge < -0.3 is 32.1 Å². The van der Waals surface area contributed by atoms with Crippen molar-refractivity contribution in [2.45, 2.75) is 37.9 Å². The first kappa shape index (κ1) is 21.9. The van der Waals surface area contributed by atoms with Crippen LogP contribution in [0, 0.1) is 0 Å². The van der Waals surface area contributed by atoms with Crippen molar-refractivity contribution in [2.24, 2.45) is 11.5 Å². The second-order valence-corrected chi connectivity index (χ2v) is 4.61. The fraction of sp³-hybridized carbons (Fsp3) is 0.727. The van der Waals surface area contributed by atoms with Gasteiger partial charge in [0.1, 0.15) is 18.1 Å². The number of hydrogen-bond acceptors (Lipinski definition) is 7. The summed E-state index contributed by atoms with van der Waals surface area (Å²) in [6.45, 7) is 2.28. The minimum absolute atomic E-state index is 0.190. The van der Waals surface area contributed by atoms with Crippen molar-refractivity contribution in [3.63, 3.8) is 0 Å². The zero-order chi connectivity index (χ0) is 17.0. The lowest BCUT2D eigenvalue weighted by atomic mass is 10.2. The first-order chi connectivity index (χ1) is 9.63. The van der Waals surface area contributed by atoms with Gasteiger partial charge in [-0.2, -0.15) is 12.6 Å². The fourth-order valence-electron chi connectivity index (χ4n) is 0.973. The maximum absolute atomic E-state index is 10.1. The number of nitrogens with one attached hydrogen (secondary N) is 1. The Morgan fingerprint density at radius 2 is 1.71 bits per heavy atom. The number of aliphatic carboxylic acids is 3. The Kier molecular flexibility index (Phi) is 12.9. The van der Waals surface area contributed by atoms with E-state index >= 15 is 0 Å². The molecule has 0 aromatic carbocycles. The van der Waals surface area contributed by atoms with Gasteiger partial charge in [0.05, 0.1) is 0 Å². The van der Waals surface area contributed by atoms with Gasteiger partial charge in [0.25, 0.3) is 0 Å². The molecule has 3 atom stereocenters. The Hall–Kier alpha value is -1.36. The topological polar surface area (TPSA) is 176 Å². The lowest BCUT2D eigenvalue weighted by Crippen LogP contribution is -2.31. The van der Waals surface area contributed by atoms with E-state index in [1.54, 1.807) is 0 Å². The minimum Gasteiger partial charge on any atom is -0.480 e. The maximum Gasteiger partial charge on any atom is 0.321 e. The van der Waals surface area contributed by atoms with E-state index in [4.69, 9.17) is 26.8 Å². The SMILES string of the molecule is CC(N)C(=O)O.NC(CS)C(=O)O.O=C(O)C1CCCN1. The largest absolute Gasteiger partial charge is 0.480 e. The lowest BCUT2D eigenvalue weighted by Gasteiger charge is -1.99. The molecule has 1 saturated heterocycles. The van der Waals surface area contributed by atoms with Crippen molar-refractivity contribution in [1.82, 2.24) is 5.32 Å². The molecule has 124 valence electrons. The molecule has 0 saturated carbocycles. The quantitative estimate of drug-likeness (QED) is 0.305. The number of hydrogen-bond donors (Lipinski definition) is 7. The van der Waals surface area contributed by atoms with Crippen LogP contribution in [0.1, 0.15) is 19.8 Å². The maximum atomic E-state index is 10.1. The van der Waals surface area contributed by atoms with Crippen molar-refractivity contribution >= 4 is 30.5 Å². The molecule has 0 radical (unpaired) electrons. The molecule has 10 heteroatoms. The van der Waals surface area contributed by atoms with Crippen molar-refractivity contribution < 1.29 is 29.7 Å². The molecule has 1 aliphatic heterocycles. The monoisotopic (exact) mass is 325 g/mol. The number of carboxylic acids is 3. The predicted octanol–water partition coefficient (Wildman–Crippen LogP) is -1.43. The molecule has 1 fully saturated rings. The summed E-state index contributed by atoms with van der Waals surface area (Å²) in [4.78, 5) is 29.5. The van der Waals surface area contributed by atoms with Crippen molar-refractivity contribution in [3.8, 4) is 0 Å². The summed E-state index contributed by atoms with van der Waals surface area (Å²) in [6, 6.07) is -1.82. The highest BCUT2D eigenvalue weighted by Crippen LogP contribution is 2.03. The summed E-state index contributed by atoms with van der Waals surface area (Å²) in [5.41, 5.74) is 9.78. The third-order valence-electron chi connectivity index (χ3n) is 2.26. The summed E-state index contributed by atoms with van der Waals surface area (Å²) < 4.78 is 0. The van der Waals surface area contributed by atoms with Crippen LogP contribution in [0.15, 0.2) is 0 Å². The Morgan fingerprint density at radius 1 is 1.24 bits per heavy atom. The van der Waals surface area contributed by atoms with Gasteiger partial charge in [-0.15, -0.1) is 0 Å². The second-order valence-electron chi connectivity index (χ2n) is 4.24. The van der Waals surface area contributed by atoms with Crippen LogP contribution >= 0.6 is 12.6 Å². The highest BCUT2D eigenvalue weighted by Gasteiger charge is 2.20. The first-order valence-electron chi connectivity index (χ1n) is 6.17. The molecule has 1 aliphatic rings. The summed E-state index contributed by atoms with van der Waals surface area (Å²) in [5.74, 6) is -2.50.